The van der Waals surface area contributed by atoms with E-state index in [1.807, 2.05) is 14.0 Å². The van der Waals surface area contributed by atoms with Crippen LogP contribution in [0.5, 0.6) is 0 Å². The summed E-state index contributed by atoms with van der Waals surface area (Å²) in [6, 6.07) is 0.495. The van der Waals surface area contributed by atoms with Crippen LogP contribution < -0.4 is 5.32 Å². The summed E-state index contributed by atoms with van der Waals surface area (Å²) in [7, 11) is 1.96. The minimum Gasteiger partial charge on any atom is -0.393 e. The van der Waals surface area contributed by atoms with Crippen LogP contribution in [0.2, 0.25) is 0 Å². The predicted molar refractivity (Wildman–Crippen MR) is 48.7 cm³/mol. The van der Waals surface area contributed by atoms with Gasteiger partial charge in [0.15, 0.2) is 0 Å². The van der Waals surface area contributed by atoms with E-state index in [-0.39, 0.29) is 6.10 Å². The fourth-order valence-corrected chi connectivity index (χ4v) is 1.22. The van der Waals surface area contributed by atoms with Crippen LogP contribution in [-0.4, -0.2) is 24.3 Å². The Hall–Kier alpha value is -0.0800. The molecule has 0 rings (SSSR count). The number of rotatable bonds is 6. The maximum atomic E-state index is 9.35. The lowest BCUT2D eigenvalue weighted by Crippen LogP contribution is -2.29. The van der Waals surface area contributed by atoms with Crippen LogP contribution in [0, 0.1) is 0 Å². The molecule has 2 heteroatoms. The van der Waals surface area contributed by atoms with Crippen molar-refractivity contribution in [3.63, 3.8) is 0 Å². The monoisotopic (exact) mass is 159 g/mol. The molecule has 0 aliphatic rings. The van der Waals surface area contributed by atoms with Gasteiger partial charge in [-0.1, -0.05) is 20.3 Å². The van der Waals surface area contributed by atoms with E-state index in [0.717, 1.165) is 19.3 Å². The fourth-order valence-electron chi connectivity index (χ4n) is 1.22. The Kier molecular flexibility index (Phi) is 6.57. The summed E-state index contributed by atoms with van der Waals surface area (Å²) in [6.45, 7) is 4.19. The lowest BCUT2D eigenvalue weighted by molar-refractivity contribution is 0.144. The molecule has 1 unspecified atom stereocenters. The highest BCUT2D eigenvalue weighted by Gasteiger charge is 2.09. The van der Waals surface area contributed by atoms with E-state index in [2.05, 4.69) is 12.2 Å². The molecule has 0 fully saturated rings. The first-order valence-corrected chi connectivity index (χ1v) is 4.59. The number of hydrogen-bond donors (Lipinski definition) is 2. The minimum absolute atomic E-state index is 0.126. The summed E-state index contributed by atoms with van der Waals surface area (Å²) >= 11 is 0. The Bertz CT molecular complexity index is 85.6. The normalized spacial score (nSPS) is 16.4. The molecule has 2 N–H and O–H groups in total. The van der Waals surface area contributed by atoms with Crippen molar-refractivity contribution in [1.29, 1.82) is 0 Å². The van der Waals surface area contributed by atoms with E-state index < -0.39 is 0 Å². The quantitative estimate of drug-likeness (QED) is 0.616. The van der Waals surface area contributed by atoms with E-state index in [0.29, 0.717) is 6.04 Å². The molecule has 0 amide bonds. The van der Waals surface area contributed by atoms with Gasteiger partial charge in [-0.05, 0) is 26.3 Å². The van der Waals surface area contributed by atoms with E-state index in [9.17, 15) is 5.11 Å². The highest BCUT2D eigenvalue weighted by atomic mass is 16.3. The van der Waals surface area contributed by atoms with Gasteiger partial charge >= 0.3 is 0 Å². The predicted octanol–water partition coefficient (Wildman–Crippen LogP) is 1.54. The smallest absolute Gasteiger partial charge is 0.0552 e. The SMILES string of the molecule is CCCC(C[C@@H](O)CC)NC. The van der Waals surface area contributed by atoms with Crippen LogP contribution in [0.25, 0.3) is 0 Å². The molecule has 11 heavy (non-hydrogen) atoms. The van der Waals surface area contributed by atoms with Gasteiger partial charge in [0.25, 0.3) is 0 Å². The largest absolute Gasteiger partial charge is 0.393 e. The van der Waals surface area contributed by atoms with Gasteiger partial charge in [0.05, 0.1) is 6.10 Å². The first kappa shape index (κ1) is 10.9. The molecular weight excluding hydrogens is 138 g/mol. The Labute approximate surface area is 70.0 Å². The maximum absolute atomic E-state index is 9.35. The Morgan fingerprint density at radius 1 is 1.36 bits per heavy atom. The molecule has 0 aliphatic heterocycles. The number of hydrogen-bond acceptors (Lipinski definition) is 2. The lowest BCUT2D eigenvalue weighted by atomic mass is 10.0. The van der Waals surface area contributed by atoms with Crippen molar-refractivity contribution in [2.45, 2.75) is 51.7 Å². The van der Waals surface area contributed by atoms with Gasteiger partial charge in [0, 0.05) is 6.04 Å². The van der Waals surface area contributed by atoms with Crippen LogP contribution in [0.15, 0.2) is 0 Å². The van der Waals surface area contributed by atoms with Crippen molar-refractivity contribution in [1.82, 2.24) is 5.32 Å². The molecular formula is C9H21NO. The van der Waals surface area contributed by atoms with Crippen molar-refractivity contribution in [3.05, 3.63) is 0 Å². The standard InChI is InChI=1S/C9H21NO/c1-4-6-8(10-3)7-9(11)5-2/h8-11H,4-7H2,1-3H3/t8?,9-/m0/s1. The molecule has 0 spiro atoms. The summed E-state index contributed by atoms with van der Waals surface area (Å²) in [4.78, 5) is 0. The van der Waals surface area contributed by atoms with Gasteiger partial charge < -0.3 is 10.4 Å². The Balaban J connectivity index is 3.49. The minimum atomic E-state index is -0.126. The second-order valence-electron chi connectivity index (χ2n) is 3.07. The molecule has 0 aliphatic carbocycles. The van der Waals surface area contributed by atoms with Gasteiger partial charge in [-0.25, -0.2) is 0 Å². The number of aliphatic hydroxyl groups is 1. The maximum Gasteiger partial charge on any atom is 0.0552 e. The molecule has 2 nitrogen and oxygen atoms in total. The molecule has 68 valence electrons. The fraction of sp³-hybridized carbons (Fsp3) is 1.00. The third kappa shape index (κ3) is 5.22. The molecule has 0 aromatic carbocycles. The Morgan fingerprint density at radius 3 is 2.36 bits per heavy atom. The van der Waals surface area contributed by atoms with Crippen LogP contribution in [-0.2, 0) is 0 Å². The molecule has 0 bridgehead atoms. The molecule has 0 aromatic heterocycles. The van der Waals surface area contributed by atoms with Crippen LogP contribution in [0.4, 0.5) is 0 Å². The first-order valence-electron chi connectivity index (χ1n) is 4.59. The summed E-state index contributed by atoms with van der Waals surface area (Å²) < 4.78 is 0. The van der Waals surface area contributed by atoms with Crippen molar-refractivity contribution in [2.75, 3.05) is 7.05 Å². The third-order valence-electron chi connectivity index (χ3n) is 2.07. The zero-order valence-electron chi connectivity index (χ0n) is 7.93. The second-order valence-corrected chi connectivity index (χ2v) is 3.07. The molecule has 0 heterocycles. The number of aliphatic hydroxyl groups excluding tert-OH is 1. The van der Waals surface area contributed by atoms with Gasteiger partial charge in [-0.2, -0.15) is 0 Å². The Morgan fingerprint density at radius 2 is 2.00 bits per heavy atom. The van der Waals surface area contributed by atoms with Crippen molar-refractivity contribution in [3.8, 4) is 0 Å². The zero-order chi connectivity index (χ0) is 8.69. The first-order chi connectivity index (χ1) is 5.24. The average molecular weight is 159 g/mol. The molecule has 0 radical (unpaired) electrons. The third-order valence-corrected chi connectivity index (χ3v) is 2.07. The highest BCUT2D eigenvalue weighted by Crippen LogP contribution is 2.06. The van der Waals surface area contributed by atoms with E-state index in [4.69, 9.17) is 0 Å². The molecule has 0 saturated carbocycles. The van der Waals surface area contributed by atoms with E-state index >= 15 is 0 Å². The van der Waals surface area contributed by atoms with Gasteiger partial charge in [-0.3, -0.25) is 0 Å². The zero-order valence-corrected chi connectivity index (χ0v) is 7.93. The number of nitrogens with one attached hydrogen (secondary N) is 1. The van der Waals surface area contributed by atoms with Crippen molar-refractivity contribution in [2.24, 2.45) is 0 Å². The van der Waals surface area contributed by atoms with Crippen LogP contribution in [0.1, 0.15) is 39.5 Å². The van der Waals surface area contributed by atoms with E-state index in [1.165, 1.54) is 6.42 Å². The van der Waals surface area contributed by atoms with Crippen LogP contribution in [0.3, 0.4) is 0 Å². The molecule has 0 aromatic rings. The lowest BCUT2D eigenvalue weighted by Gasteiger charge is -2.17. The summed E-state index contributed by atoms with van der Waals surface area (Å²) in [5.41, 5.74) is 0. The van der Waals surface area contributed by atoms with Gasteiger partial charge in [-0.15, -0.1) is 0 Å². The summed E-state index contributed by atoms with van der Waals surface area (Å²) in [6.07, 6.45) is 3.97. The van der Waals surface area contributed by atoms with Gasteiger partial charge in [0.2, 0.25) is 0 Å². The summed E-state index contributed by atoms with van der Waals surface area (Å²) in [5.74, 6) is 0. The van der Waals surface area contributed by atoms with Gasteiger partial charge in [0.1, 0.15) is 0 Å². The van der Waals surface area contributed by atoms with Crippen LogP contribution >= 0.6 is 0 Å². The molecule has 0 saturated heterocycles. The second kappa shape index (κ2) is 6.62. The topological polar surface area (TPSA) is 32.3 Å². The van der Waals surface area contributed by atoms with Crippen molar-refractivity contribution >= 4 is 0 Å². The average Bonchev–Trinajstić information content (AvgIpc) is 2.03. The van der Waals surface area contributed by atoms with Crippen molar-refractivity contribution < 1.29 is 5.11 Å². The highest BCUT2D eigenvalue weighted by molar-refractivity contribution is 4.67. The van der Waals surface area contributed by atoms with E-state index in [1.54, 1.807) is 0 Å². The summed E-state index contributed by atoms with van der Waals surface area (Å²) in [5, 5.41) is 12.6. The molecule has 2 atom stereocenters.